The summed E-state index contributed by atoms with van der Waals surface area (Å²) >= 11 is 1.69. The molecule has 3 nitrogen and oxygen atoms in total. The van der Waals surface area contributed by atoms with Crippen molar-refractivity contribution in [3.8, 4) is 6.07 Å². The normalized spacial score (nSPS) is 22.2. The van der Waals surface area contributed by atoms with E-state index in [-0.39, 0.29) is 6.10 Å². The Labute approximate surface area is 125 Å². The molecule has 4 heteroatoms. The summed E-state index contributed by atoms with van der Waals surface area (Å²) in [6.45, 7) is 2.83. The average molecular weight is 290 g/mol. The van der Waals surface area contributed by atoms with Crippen LogP contribution in [-0.4, -0.2) is 23.5 Å². The maximum atomic E-state index is 10.0. The summed E-state index contributed by atoms with van der Waals surface area (Å²) in [5.74, 6) is 1.26. The van der Waals surface area contributed by atoms with Gasteiger partial charge >= 0.3 is 0 Å². The highest BCUT2D eigenvalue weighted by atomic mass is 32.2. The van der Waals surface area contributed by atoms with Crippen LogP contribution in [0.15, 0.2) is 23.1 Å². The van der Waals surface area contributed by atoms with Gasteiger partial charge in [-0.05, 0) is 30.7 Å². The van der Waals surface area contributed by atoms with Crippen LogP contribution < -0.4 is 5.32 Å². The van der Waals surface area contributed by atoms with Crippen LogP contribution in [0.25, 0.3) is 0 Å². The standard InChI is InChI=1S/C16H22N2OS/c1-2-20-16-9-5-7-14(13(16)10-17)18-11-12-6-3-4-8-15(12)19/h5,7,9,12,15,18-19H,2-4,6,8,11H2,1H3. The lowest BCUT2D eigenvalue weighted by Gasteiger charge is -2.28. The van der Waals surface area contributed by atoms with E-state index in [1.807, 2.05) is 18.2 Å². The van der Waals surface area contributed by atoms with Crippen LogP contribution in [0, 0.1) is 17.2 Å². The molecule has 2 atom stereocenters. The Balaban J connectivity index is 2.05. The van der Waals surface area contributed by atoms with E-state index in [2.05, 4.69) is 18.3 Å². The maximum absolute atomic E-state index is 10.0. The zero-order valence-corrected chi connectivity index (χ0v) is 12.7. The number of nitrogens with zero attached hydrogens (tertiary/aromatic N) is 1. The van der Waals surface area contributed by atoms with Crippen molar-refractivity contribution < 1.29 is 5.11 Å². The van der Waals surface area contributed by atoms with Gasteiger partial charge in [-0.15, -0.1) is 11.8 Å². The first-order valence-electron chi connectivity index (χ1n) is 7.34. The molecule has 2 unspecified atom stereocenters. The fourth-order valence-electron chi connectivity index (χ4n) is 2.74. The van der Waals surface area contributed by atoms with Crippen LogP contribution in [0.1, 0.15) is 38.2 Å². The van der Waals surface area contributed by atoms with Crippen LogP contribution in [0.5, 0.6) is 0 Å². The van der Waals surface area contributed by atoms with Gasteiger partial charge in [0, 0.05) is 17.4 Å². The van der Waals surface area contributed by atoms with Crippen LogP contribution in [0.2, 0.25) is 0 Å². The predicted octanol–water partition coefficient (Wildman–Crippen LogP) is 3.63. The van der Waals surface area contributed by atoms with Gasteiger partial charge in [0.15, 0.2) is 0 Å². The summed E-state index contributed by atoms with van der Waals surface area (Å²) < 4.78 is 0. The van der Waals surface area contributed by atoms with E-state index in [4.69, 9.17) is 0 Å². The number of nitrogens with one attached hydrogen (secondary N) is 1. The Kier molecular flexibility index (Phi) is 5.75. The lowest BCUT2D eigenvalue weighted by Crippen LogP contribution is -2.30. The molecule has 1 aliphatic rings. The summed E-state index contributed by atoms with van der Waals surface area (Å²) in [7, 11) is 0. The fraction of sp³-hybridized carbons (Fsp3) is 0.562. The molecule has 2 N–H and O–H groups in total. The molecule has 1 saturated carbocycles. The molecule has 0 aliphatic heterocycles. The van der Waals surface area contributed by atoms with E-state index >= 15 is 0 Å². The molecule has 1 fully saturated rings. The fourth-order valence-corrected chi connectivity index (χ4v) is 3.52. The summed E-state index contributed by atoms with van der Waals surface area (Å²) in [5, 5.41) is 22.7. The first kappa shape index (κ1) is 15.2. The van der Waals surface area contributed by atoms with Crippen LogP contribution in [0.4, 0.5) is 5.69 Å². The molecule has 2 rings (SSSR count). The summed E-state index contributed by atoms with van der Waals surface area (Å²) in [5.41, 5.74) is 1.62. The van der Waals surface area contributed by atoms with E-state index < -0.39 is 0 Å². The van der Waals surface area contributed by atoms with Crippen LogP contribution in [-0.2, 0) is 0 Å². The number of rotatable bonds is 5. The van der Waals surface area contributed by atoms with Gasteiger partial charge in [0.05, 0.1) is 17.4 Å². The average Bonchev–Trinajstić information content (AvgIpc) is 2.47. The van der Waals surface area contributed by atoms with Gasteiger partial charge in [-0.25, -0.2) is 0 Å². The molecule has 0 radical (unpaired) electrons. The predicted molar refractivity (Wildman–Crippen MR) is 84.0 cm³/mol. The van der Waals surface area contributed by atoms with Gasteiger partial charge in [-0.1, -0.05) is 25.8 Å². The second-order valence-corrected chi connectivity index (χ2v) is 6.52. The zero-order chi connectivity index (χ0) is 14.4. The number of hydrogen-bond donors (Lipinski definition) is 2. The van der Waals surface area contributed by atoms with Crippen LogP contribution in [0.3, 0.4) is 0 Å². The highest BCUT2D eigenvalue weighted by Gasteiger charge is 2.23. The van der Waals surface area contributed by atoms with E-state index in [0.29, 0.717) is 5.92 Å². The Morgan fingerprint density at radius 2 is 2.20 bits per heavy atom. The van der Waals surface area contributed by atoms with Gasteiger partial charge < -0.3 is 10.4 Å². The van der Waals surface area contributed by atoms with Gasteiger partial charge in [0.1, 0.15) is 6.07 Å². The molecule has 20 heavy (non-hydrogen) atoms. The Bertz CT molecular complexity index is 484. The number of benzene rings is 1. The van der Waals surface area contributed by atoms with Gasteiger partial charge in [-0.3, -0.25) is 0 Å². The quantitative estimate of drug-likeness (QED) is 0.813. The number of hydrogen-bond acceptors (Lipinski definition) is 4. The highest BCUT2D eigenvalue weighted by molar-refractivity contribution is 7.99. The number of thioether (sulfide) groups is 1. The molecular weight excluding hydrogens is 268 g/mol. The van der Waals surface area contributed by atoms with E-state index in [1.165, 1.54) is 6.42 Å². The Morgan fingerprint density at radius 3 is 2.90 bits per heavy atom. The Morgan fingerprint density at radius 1 is 1.40 bits per heavy atom. The van der Waals surface area contributed by atoms with Crippen molar-refractivity contribution in [3.63, 3.8) is 0 Å². The molecule has 0 heterocycles. The lowest BCUT2D eigenvalue weighted by molar-refractivity contribution is 0.0763. The summed E-state index contributed by atoms with van der Waals surface area (Å²) in [6, 6.07) is 8.23. The van der Waals surface area contributed by atoms with Crippen molar-refractivity contribution >= 4 is 17.4 Å². The molecule has 0 bridgehead atoms. The van der Waals surface area contributed by atoms with Crippen molar-refractivity contribution in [2.24, 2.45) is 5.92 Å². The maximum Gasteiger partial charge on any atom is 0.102 e. The SMILES string of the molecule is CCSc1cccc(NCC2CCCCC2O)c1C#N. The van der Waals surface area contributed by atoms with Crippen LogP contribution >= 0.6 is 11.8 Å². The van der Waals surface area contributed by atoms with E-state index in [0.717, 1.165) is 47.7 Å². The molecular formula is C16H22N2OS. The zero-order valence-electron chi connectivity index (χ0n) is 11.9. The minimum absolute atomic E-state index is 0.199. The number of aliphatic hydroxyl groups is 1. The van der Waals surface area contributed by atoms with Gasteiger partial charge in [0.25, 0.3) is 0 Å². The minimum Gasteiger partial charge on any atom is -0.393 e. The van der Waals surface area contributed by atoms with E-state index in [1.54, 1.807) is 11.8 Å². The summed E-state index contributed by atoms with van der Waals surface area (Å²) in [6.07, 6.45) is 4.10. The third kappa shape index (κ3) is 3.68. The van der Waals surface area contributed by atoms with Crippen molar-refractivity contribution in [2.45, 2.75) is 43.6 Å². The lowest BCUT2D eigenvalue weighted by atomic mass is 9.86. The minimum atomic E-state index is -0.199. The van der Waals surface area contributed by atoms with Gasteiger partial charge in [-0.2, -0.15) is 5.26 Å². The summed E-state index contributed by atoms with van der Waals surface area (Å²) in [4.78, 5) is 1.03. The molecule has 108 valence electrons. The topological polar surface area (TPSA) is 56.0 Å². The van der Waals surface area contributed by atoms with Crippen molar-refractivity contribution in [1.82, 2.24) is 0 Å². The van der Waals surface area contributed by atoms with Crippen molar-refractivity contribution in [3.05, 3.63) is 23.8 Å². The first-order chi connectivity index (χ1) is 9.76. The molecule has 1 aliphatic carbocycles. The number of nitriles is 1. The Hall–Kier alpha value is -1.18. The monoisotopic (exact) mass is 290 g/mol. The smallest absolute Gasteiger partial charge is 0.102 e. The molecule has 0 amide bonds. The molecule has 1 aromatic rings. The molecule has 0 spiro atoms. The molecule has 0 saturated heterocycles. The van der Waals surface area contributed by atoms with E-state index in [9.17, 15) is 10.4 Å². The van der Waals surface area contributed by atoms with Gasteiger partial charge in [0.2, 0.25) is 0 Å². The highest BCUT2D eigenvalue weighted by Crippen LogP contribution is 2.29. The first-order valence-corrected chi connectivity index (χ1v) is 8.32. The van der Waals surface area contributed by atoms with Crippen molar-refractivity contribution in [2.75, 3.05) is 17.6 Å². The molecule has 1 aromatic carbocycles. The van der Waals surface area contributed by atoms with Crippen molar-refractivity contribution in [1.29, 1.82) is 5.26 Å². The number of aliphatic hydroxyl groups excluding tert-OH is 1. The largest absolute Gasteiger partial charge is 0.393 e. The second-order valence-electron chi connectivity index (χ2n) is 5.22. The number of anilines is 1. The second kappa shape index (κ2) is 7.56. The third-order valence-electron chi connectivity index (χ3n) is 3.86. The molecule has 0 aromatic heterocycles. The third-order valence-corrected chi connectivity index (χ3v) is 4.80.